The highest BCUT2D eigenvalue weighted by Crippen LogP contribution is 2.29. The minimum absolute atomic E-state index is 0.149. The lowest BCUT2D eigenvalue weighted by Gasteiger charge is -2.10. The molecule has 0 aliphatic heterocycles. The third-order valence-electron chi connectivity index (χ3n) is 3.81. The van der Waals surface area contributed by atoms with Gasteiger partial charge in [-0.2, -0.15) is 10.1 Å². The average Bonchev–Trinajstić information content (AvgIpc) is 3.18. The minimum atomic E-state index is -1.03. The molecule has 10 nitrogen and oxygen atoms in total. The first-order valence-electron chi connectivity index (χ1n) is 8.34. The predicted molar refractivity (Wildman–Crippen MR) is 112 cm³/mol. The summed E-state index contributed by atoms with van der Waals surface area (Å²) in [6.45, 7) is 0. The molecule has 0 unspecified atom stereocenters. The van der Waals surface area contributed by atoms with Gasteiger partial charge in [-0.25, -0.2) is 14.4 Å². The molecule has 150 valence electrons. The van der Waals surface area contributed by atoms with E-state index in [1.165, 1.54) is 18.3 Å². The number of hydrogen-bond donors (Lipinski definition) is 3. The van der Waals surface area contributed by atoms with Crippen molar-refractivity contribution in [3.8, 4) is 0 Å². The maximum Gasteiger partial charge on any atom is 0.335 e. The van der Waals surface area contributed by atoms with Crippen LogP contribution in [0.4, 0.5) is 17.3 Å². The summed E-state index contributed by atoms with van der Waals surface area (Å²) in [6.07, 6.45) is 1.45. The Bertz CT molecular complexity index is 1280. The van der Waals surface area contributed by atoms with E-state index >= 15 is 0 Å². The van der Waals surface area contributed by atoms with Crippen LogP contribution in [0.1, 0.15) is 15.9 Å². The van der Waals surface area contributed by atoms with Crippen molar-refractivity contribution in [1.29, 1.82) is 0 Å². The summed E-state index contributed by atoms with van der Waals surface area (Å²) >= 11 is 12.0. The Labute approximate surface area is 178 Å². The van der Waals surface area contributed by atoms with Gasteiger partial charge < -0.3 is 10.4 Å². The number of nitrogens with one attached hydrogen (secondary N) is 2. The first kappa shape index (κ1) is 19.6. The zero-order valence-corrected chi connectivity index (χ0v) is 16.4. The lowest BCUT2D eigenvalue weighted by Crippen LogP contribution is -2.03. The summed E-state index contributed by atoms with van der Waals surface area (Å²) in [4.78, 5) is 19.7. The van der Waals surface area contributed by atoms with E-state index in [1.807, 2.05) is 0 Å². The summed E-state index contributed by atoms with van der Waals surface area (Å²) in [5.41, 5.74) is 4.47. The molecule has 2 aromatic carbocycles. The Morgan fingerprint density at radius 3 is 2.53 bits per heavy atom. The molecule has 0 saturated heterocycles. The average molecular weight is 444 g/mol. The van der Waals surface area contributed by atoms with Gasteiger partial charge >= 0.3 is 5.97 Å². The smallest absolute Gasteiger partial charge is 0.335 e. The molecule has 30 heavy (non-hydrogen) atoms. The molecule has 0 amide bonds. The molecule has 4 aromatic rings. The van der Waals surface area contributed by atoms with E-state index in [4.69, 9.17) is 28.3 Å². The molecule has 2 aromatic heterocycles. The number of hydrogen-bond acceptors (Lipinski definition) is 9. The third-order valence-corrected chi connectivity index (χ3v) is 4.55. The van der Waals surface area contributed by atoms with E-state index in [9.17, 15) is 4.79 Å². The van der Waals surface area contributed by atoms with E-state index < -0.39 is 5.97 Å². The minimum Gasteiger partial charge on any atom is -0.478 e. The van der Waals surface area contributed by atoms with Crippen molar-refractivity contribution in [1.82, 2.24) is 20.3 Å². The monoisotopic (exact) mass is 443 g/mol. The van der Waals surface area contributed by atoms with Gasteiger partial charge in [0.25, 0.3) is 0 Å². The SMILES string of the molecule is O=C(O)c1cccc(C=NNc2nc3nonc3nc2Nc2ccc(Cl)c(Cl)c2)c1. The fourth-order valence-corrected chi connectivity index (χ4v) is 2.73. The largest absolute Gasteiger partial charge is 0.478 e. The molecular formula is C18H11Cl2N7O3. The van der Waals surface area contributed by atoms with Crippen LogP contribution in [0.5, 0.6) is 0 Å². The van der Waals surface area contributed by atoms with Gasteiger partial charge in [0, 0.05) is 5.69 Å². The lowest BCUT2D eigenvalue weighted by molar-refractivity contribution is 0.0697. The molecular weight excluding hydrogens is 433 g/mol. The van der Waals surface area contributed by atoms with Gasteiger partial charge in [0.15, 0.2) is 11.6 Å². The first-order valence-corrected chi connectivity index (χ1v) is 9.10. The summed E-state index contributed by atoms with van der Waals surface area (Å²) in [7, 11) is 0. The number of hydrazone groups is 1. The Kier molecular flexibility index (Phi) is 5.42. The second-order valence-corrected chi connectivity index (χ2v) is 6.70. The van der Waals surface area contributed by atoms with Crippen molar-refractivity contribution >= 4 is 64.0 Å². The van der Waals surface area contributed by atoms with Gasteiger partial charge in [0.2, 0.25) is 11.3 Å². The van der Waals surface area contributed by atoms with Crippen molar-refractivity contribution in [2.75, 3.05) is 10.7 Å². The van der Waals surface area contributed by atoms with Crippen LogP contribution in [0.2, 0.25) is 10.0 Å². The standard InChI is InChI=1S/C18H11Cl2N7O3/c19-12-5-4-11(7-13(12)20)22-14-15(24-17-16(23-14)26-30-27-17)25-21-8-9-2-1-3-10(6-9)18(28)29/h1-8H,(H,28,29)(H,22,23,26)(H,24,25,27). The Hall–Kier alpha value is -3.76. The number of benzene rings is 2. The molecule has 12 heteroatoms. The molecule has 2 heterocycles. The highest BCUT2D eigenvalue weighted by molar-refractivity contribution is 6.42. The highest BCUT2D eigenvalue weighted by atomic mass is 35.5. The fraction of sp³-hybridized carbons (Fsp3) is 0. The van der Waals surface area contributed by atoms with Crippen molar-refractivity contribution in [2.45, 2.75) is 0 Å². The van der Waals surface area contributed by atoms with Crippen molar-refractivity contribution in [3.63, 3.8) is 0 Å². The van der Waals surface area contributed by atoms with Gasteiger partial charge in [0.1, 0.15) is 0 Å². The molecule has 0 fully saturated rings. The molecule has 0 atom stereocenters. The molecule has 0 saturated carbocycles. The Morgan fingerprint density at radius 2 is 1.80 bits per heavy atom. The van der Waals surface area contributed by atoms with Crippen LogP contribution in [0.15, 0.2) is 52.2 Å². The van der Waals surface area contributed by atoms with Crippen LogP contribution in [0.3, 0.4) is 0 Å². The lowest BCUT2D eigenvalue weighted by atomic mass is 10.1. The normalized spacial score (nSPS) is 11.1. The maximum atomic E-state index is 11.1. The van der Waals surface area contributed by atoms with E-state index in [-0.39, 0.29) is 28.5 Å². The van der Waals surface area contributed by atoms with E-state index in [2.05, 4.69) is 40.8 Å². The number of aromatic carboxylic acids is 1. The molecule has 0 spiro atoms. The number of anilines is 3. The summed E-state index contributed by atoms with van der Waals surface area (Å²) < 4.78 is 4.66. The number of carbonyl (C=O) groups is 1. The van der Waals surface area contributed by atoms with Crippen LogP contribution < -0.4 is 10.7 Å². The van der Waals surface area contributed by atoms with Crippen LogP contribution in [0, 0.1) is 0 Å². The van der Waals surface area contributed by atoms with Crippen molar-refractivity contribution in [2.24, 2.45) is 5.10 Å². The summed E-state index contributed by atoms with van der Waals surface area (Å²) in [5, 5.41) is 24.4. The number of aromatic nitrogens is 4. The Balaban J connectivity index is 1.62. The first-order chi connectivity index (χ1) is 14.5. The molecule has 4 rings (SSSR count). The number of halogens is 2. The van der Waals surface area contributed by atoms with E-state index in [1.54, 1.807) is 30.3 Å². The van der Waals surface area contributed by atoms with E-state index in [0.29, 0.717) is 21.3 Å². The number of nitrogens with zero attached hydrogens (tertiary/aromatic N) is 5. The van der Waals surface area contributed by atoms with Crippen LogP contribution in [-0.4, -0.2) is 37.6 Å². The zero-order valence-electron chi connectivity index (χ0n) is 14.9. The van der Waals surface area contributed by atoms with Crippen LogP contribution >= 0.6 is 23.2 Å². The number of fused-ring (bicyclic) bond motifs is 1. The predicted octanol–water partition coefficient (Wildman–Crippen LogP) is 4.21. The molecule has 0 aliphatic carbocycles. The number of carboxylic acid groups (broad SMARTS) is 1. The second-order valence-electron chi connectivity index (χ2n) is 5.89. The summed E-state index contributed by atoms with van der Waals surface area (Å²) in [6, 6.07) is 11.3. The number of carboxylic acids is 1. The maximum absolute atomic E-state index is 11.1. The summed E-state index contributed by atoms with van der Waals surface area (Å²) in [5.74, 6) is -0.510. The zero-order chi connectivity index (χ0) is 21.1. The second kappa shape index (κ2) is 8.31. The van der Waals surface area contributed by atoms with Gasteiger partial charge in [0.05, 0.1) is 21.8 Å². The van der Waals surface area contributed by atoms with Crippen molar-refractivity contribution in [3.05, 3.63) is 63.6 Å². The topological polar surface area (TPSA) is 138 Å². The van der Waals surface area contributed by atoms with Crippen LogP contribution in [-0.2, 0) is 0 Å². The number of rotatable bonds is 6. The van der Waals surface area contributed by atoms with Gasteiger partial charge in [-0.05, 0) is 46.2 Å². The van der Waals surface area contributed by atoms with Crippen LogP contribution in [0.25, 0.3) is 11.3 Å². The Morgan fingerprint density at radius 1 is 1.03 bits per heavy atom. The van der Waals surface area contributed by atoms with Gasteiger partial charge in [-0.1, -0.05) is 35.3 Å². The van der Waals surface area contributed by atoms with E-state index in [0.717, 1.165) is 0 Å². The van der Waals surface area contributed by atoms with Gasteiger partial charge in [-0.15, -0.1) is 0 Å². The molecule has 0 aliphatic rings. The van der Waals surface area contributed by atoms with Gasteiger partial charge in [-0.3, -0.25) is 5.43 Å². The fourth-order valence-electron chi connectivity index (χ4n) is 2.43. The molecule has 0 radical (unpaired) electrons. The molecule has 3 N–H and O–H groups in total. The highest BCUT2D eigenvalue weighted by Gasteiger charge is 2.13. The third kappa shape index (κ3) is 4.29. The van der Waals surface area contributed by atoms with Crippen molar-refractivity contribution < 1.29 is 14.5 Å². The quantitative estimate of drug-likeness (QED) is 0.295. The molecule has 0 bridgehead atoms.